The van der Waals surface area contributed by atoms with E-state index in [2.05, 4.69) is 15.4 Å². The van der Waals surface area contributed by atoms with Crippen molar-refractivity contribution in [3.63, 3.8) is 0 Å². The molecule has 0 unspecified atom stereocenters. The molecular weight excluding hydrogens is 256 g/mol. The van der Waals surface area contributed by atoms with Gasteiger partial charge in [0.25, 0.3) is 0 Å². The maximum atomic E-state index is 11.5. The molecule has 0 saturated heterocycles. The summed E-state index contributed by atoms with van der Waals surface area (Å²) in [6, 6.07) is 4.59. The number of hydrogen-bond donors (Lipinski definition) is 2. The van der Waals surface area contributed by atoms with Crippen LogP contribution in [0.5, 0.6) is 0 Å². The normalized spacial score (nSPS) is 9.72. The predicted octanol–water partition coefficient (Wildman–Crippen LogP) is 2.14. The molecule has 0 atom stereocenters. The van der Waals surface area contributed by atoms with Crippen LogP contribution in [0, 0.1) is 6.92 Å². The van der Waals surface area contributed by atoms with E-state index in [4.69, 9.17) is 11.6 Å². The molecule has 2 N–H and O–H groups in total. The number of rotatable bonds is 4. The number of hydrogen-bond acceptors (Lipinski definition) is 3. The fraction of sp³-hybridized carbons (Fsp3) is 0.333. The number of ether oxygens (including phenoxy) is 1. The largest absolute Gasteiger partial charge is 0.465 e. The van der Waals surface area contributed by atoms with Crippen LogP contribution >= 0.6 is 11.6 Å². The lowest BCUT2D eigenvalue weighted by Crippen LogP contribution is -2.30. The molecule has 6 heteroatoms. The van der Waals surface area contributed by atoms with Crippen molar-refractivity contribution in [1.82, 2.24) is 5.32 Å². The maximum Gasteiger partial charge on any atom is 0.337 e. The van der Waals surface area contributed by atoms with Gasteiger partial charge in [-0.3, -0.25) is 0 Å². The fourth-order valence-corrected chi connectivity index (χ4v) is 1.42. The van der Waals surface area contributed by atoms with Gasteiger partial charge in [-0.25, -0.2) is 9.59 Å². The first kappa shape index (κ1) is 14.3. The number of urea groups is 1. The molecule has 0 saturated carbocycles. The first-order valence-electron chi connectivity index (χ1n) is 5.38. The van der Waals surface area contributed by atoms with Crippen molar-refractivity contribution in [2.75, 3.05) is 24.9 Å². The Hall–Kier alpha value is -1.75. The van der Waals surface area contributed by atoms with Crippen LogP contribution in [0.4, 0.5) is 10.5 Å². The smallest absolute Gasteiger partial charge is 0.337 e. The summed E-state index contributed by atoms with van der Waals surface area (Å²) in [7, 11) is 1.31. The number of methoxy groups -OCH3 is 1. The molecule has 1 rings (SSSR count). The van der Waals surface area contributed by atoms with Gasteiger partial charge in [0.2, 0.25) is 0 Å². The highest BCUT2D eigenvalue weighted by atomic mass is 35.5. The van der Waals surface area contributed by atoms with E-state index in [1.54, 1.807) is 18.2 Å². The minimum absolute atomic E-state index is 0.342. The number of carbonyl (C=O) groups excluding carboxylic acids is 2. The van der Waals surface area contributed by atoms with Crippen molar-refractivity contribution in [1.29, 1.82) is 0 Å². The van der Waals surface area contributed by atoms with Crippen molar-refractivity contribution < 1.29 is 14.3 Å². The number of halogens is 1. The molecule has 0 aliphatic heterocycles. The van der Waals surface area contributed by atoms with E-state index in [-0.39, 0.29) is 6.03 Å². The van der Waals surface area contributed by atoms with Crippen LogP contribution in [0.25, 0.3) is 0 Å². The van der Waals surface area contributed by atoms with Gasteiger partial charge in [0.05, 0.1) is 12.7 Å². The maximum absolute atomic E-state index is 11.5. The van der Waals surface area contributed by atoms with E-state index < -0.39 is 5.97 Å². The van der Waals surface area contributed by atoms with Crippen LogP contribution in [0.3, 0.4) is 0 Å². The Morgan fingerprint density at radius 3 is 2.72 bits per heavy atom. The zero-order valence-corrected chi connectivity index (χ0v) is 11.0. The highest BCUT2D eigenvalue weighted by Gasteiger charge is 2.09. The molecule has 2 amide bonds. The highest BCUT2D eigenvalue weighted by Crippen LogP contribution is 2.17. The molecule has 0 aromatic heterocycles. The molecule has 0 radical (unpaired) electrons. The molecule has 0 spiro atoms. The standard InChI is InChI=1S/C12H15ClN2O3/c1-8-3-4-9(11(16)18-2)7-10(8)15-12(17)14-6-5-13/h3-4,7H,5-6H2,1-2H3,(H2,14,15,17). The molecule has 5 nitrogen and oxygen atoms in total. The third-order valence-corrected chi connectivity index (χ3v) is 2.48. The Balaban J connectivity index is 2.81. The van der Waals surface area contributed by atoms with Crippen molar-refractivity contribution in [2.24, 2.45) is 0 Å². The van der Waals surface area contributed by atoms with E-state index in [9.17, 15) is 9.59 Å². The molecule has 1 aromatic carbocycles. The summed E-state index contributed by atoms with van der Waals surface area (Å²) in [4.78, 5) is 22.8. The van der Waals surface area contributed by atoms with Crippen LogP contribution in [-0.2, 0) is 4.74 Å². The van der Waals surface area contributed by atoms with Crippen molar-refractivity contribution in [3.05, 3.63) is 29.3 Å². The Bertz CT molecular complexity index is 449. The van der Waals surface area contributed by atoms with Gasteiger partial charge < -0.3 is 15.4 Å². The number of benzene rings is 1. The van der Waals surface area contributed by atoms with Crippen LogP contribution in [-0.4, -0.2) is 31.5 Å². The molecule has 0 bridgehead atoms. The van der Waals surface area contributed by atoms with E-state index in [1.165, 1.54) is 7.11 Å². The van der Waals surface area contributed by atoms with Gasteiger partial charge in [-0.1, -0.05) is 6.07 Å². The van der Waals surface area contributed by atoms with Crippen LogP contribution in [0.1, 0.15) is 15.9 Å². The van der Waals surface area contributed by atoms with Crippen LogP contribution in [0.2, 0.25) is 0 Å². The Morgan fingerprint density at radius 1 is 1.39 bits per heavy atom. The van der Waals surface area contributed by atoms with E-state index in [0.717, 1.165) is 5.56 Å². The summed E-state index contributed by atoms with van der Waals surface area (Å²) in [5.41, 5.74) is 1.80. The summed E-state index contributed by atoms with van der Waals surface area (Å²) in [6.45, 7) is 2.21. The highest BCUT2D eigenvalue weighted by molar-refractivity contribution is 6.18. The zero-order chi connectivity index (χ0) is 13.5. The van der Waals surface area contributed by atoms with Crippen LogP contribution in [0.15, 0.2) is 18.2 Å². The molecule has 0 aliphatic carbocycles. The number of nitrogens with one attached hydrogen (secondary N) is 2. The van der Waals surface area contributed by atoms with Crippen molar-refractivity contribution in [2.45, 2.75) is 6.92 Å². The molecule has 18 heavy (non-hydrogen) atoms. The van der Waals surface area contributed by atoms with Crippen LogP contribution < -0.4 is 10.6 Å². The Kier molecular flexibility index (Phi) is 5.45. The third-order valence-electron chi connectivity index (χ3n) is 2.29. The SMILES string of the molecule is COC(=O)c1ccc(C)c(NC(=O)NCCCl)c1. The third kappa shape index (κ3) is 3.92. The lowest BCUT2D eigenvalue weighted by Gasteiger charge is -2.10. The predicted molar refractivity (Wildman–Crippen MR) is 70.3 cm³/mol. The van der Waals surface area contributed by atoms with E-state index in [1.807, 2.05) is 6.92 Å². The summed E-state index contributed by atoms with van der Waals surface area (Å²) >= 11 is 5.46. The molecular formula is C12H15ClN2O3. The van der Waals surface area contributed by atoms with Gasteiger partial charge >= 0.3 is 12.0 Å². The summed E-state index contributed by atoms with van der Waals surface area (Å²) in [5.74, 6) is -0.103. The first-order valence-corrected chi connectivity index (χ1v) is 5.91. The van der Waals surface area contributed by atoms with Gasteiger partial charge in [-0.15, -0.1) is 11.6 Å². The minimum atomic E-state index is -0.445. The van der Waals surface area contributed by atoms with E-state index in [0.29, 0.717) is 23.7 Å². The summed E-state index contributed by atoms with van der Waals surface area (Å²) < 4.78 is 4.62. The summed E-state index contributed by atoms with van der Waals surface area (Å²) in [6.07, 6.45) is 0. The second kappa shape index (κ2) is 6.86. The van der Waals surface area contributed by atoms with Gasteiger partial charge in [0, 0.05) is 18.1 Å². The number of anilines is 1. The molecule has 0 heterocycles. The summed E-state index contributed by atoms with van der Waals surface area (Å²) in [5, 5.41) is 5.22. The second-order valence-corrected chi connectivity index (χ2v) is 3.97. The Labute approximate surface area is 110 Å². The second-order valence-electron chi connectivity index (χ2n) is 3.59. The number of amides is 2. The Morgan fingerprint density at radius 2 is 2.11 bits per heavy atom. The number of aryl methyl sites for hydroxylation is 1. The molecule has 0 aliphatic rings. The lowest BCUT2D eigenvalue weighted by atomic mass is 10.1. The first-order chi connectivity index (χ1) is 8.58. The average Bonchev–Trinajstić information content (AvgIpc) is 2.38. The monoisotopic (exact) mass is 270 g/mol. The lowest BCUT2D eigenvalue weighted by molar-refractivity contribution is 0.0600. The van der Waals surface area contributed by atoms with Crippen molar-refractivity contribution >= 4 is 29.3 Å². The quantitative estimate of drug-likeness (QED) is 0.651. The van der Waals surface area contributed by atoms with Gasteiger partial charge in [-0.2, -0.15) is 0 Å². The fourth-order valence-electron chi connectivity index (χ4n) is 1.33. The topological polar surface area (TPSA) is 67.4 Å². The van der Waals surface area contributed by atoms with Crippen molar-refractivity contribution in [3.8, 4) is 0 Å². The molecule has 1 aromatic rings. The molecule has 98 valence electrons. The van der Waals surface area contributed by atoms with Gasteiger partial charge in [0.15, 0.2) is 0 Å². The number of alkyl halides is 1. The van der Waals surface area contributed by atoms with E-state index >= 15 is 0 Å². The number of carbonyl (C=O) groups is 2. The minimum Gasteiger partial charge on any atom is -0.465 e. The zero-order valence-electron chi connectivity index (χ0n) is 10.2. The molecule has 0 fully saturated rings. The number of esters is 1. The van der Waals surface area contributed by atoms with Gasteiger partial charge in [-0.05, 0) is 24.6 Å². The van der Waals surface area contributed by atoms with Gasteiger partial charge in [0.1, 0.15) is 0 Å². The average molecular weight is 271 g/mol.